The third-order valence-corrected chi connectivity index (χ3v) is 8.13. The zero-order valence-corrected chi connectivity index (χ0v) is 22.4. The number of hydrogen-bond donors (Lipinski definition) is 1. The number of carboxylic acid groups (broad SMARTS) is 1. The highest BCUT2D eigenvalue weighted by Crippen LogP contribution is 2.35. The summed E-state index contributed by atoms with van der Waals surface area (Å²) in [6.07, 6.45) is 1.94. The van der Waals surface area contributed by atoms with Crippen LogP contribution in [-0.4, -0.2) is 56.6 Å². The van der Waals surface area contributed by atoms with Gasteiger partial charge in [-0.2, -0.15) is 0 Å². The molecule has 9 bridgehead atoms. The fourth-order valence-electron chi connectivity index (χ4n) is 5.96. The minimum Gasteiger partial charge on any atom is -0.481 e. The molecule has 1 amide bonds. The normalized spacial score (nSPS) is 17.9. The van der Waals surface area contributed by atoms with E-state index in [4.69, 9.17) is 4.74 Å². The van der Waals surface area contributed by atoms with E-state index < -0.39 is 17.7 Å². The number of aliphatic carboxylic acids is 1. The minimum absolute atomic E-state index is 0.0692. The molecule has 4 aromatic rings. The Bertz CT molecular complexity index is 1610. The van der Waals surface area contributed by atoms with Gasteiger partial charge in [-0.05, 0) is 77.8 Å². The van der Waals surface area contributed by atoms with Crippen LogP contribution in [0.2, 0.25) is 0 Å². The van der Waals surface area contributed by atoms with Gasteiger partial charge >= 0.3 is 5.97 Å². The topological polar surface area (TPSA) is 97.5 Å². The summed E-state index contributed by atoms with van der Waals surface area (Å²) in [5.41, 5.74) is 7.21. The molecule has 1 N–H and O–H groups in total. The Labute approximate surface area is 231 Å². The van der Waals surface area contributed by atoms with Crippen LogP contribution in [0.3, 0.4) is 0 Å². The molecule has 1 atom stereocenters. The van der Waals surface area contributed by atoms with E-state index in [1.54, 1.807) is 11.0 Å². The van der Waals surface area contributed by atoms with E-state index in [1.165, 1.54) is 6.07 Å². The van der Waals surface area contributed by atoms with E-state index in [2.05, 4.69) is 10.3 Å². The van der Waals surface area contributed by atoms with Gasteiger partial charge in [0, 0.05) is 25.6 Å². The fourth-order valence-corrected chi connectivity index (χ4v) is 5.96. The third kappa shape index (κ3) is 4.97. The average molecular weight is 543 g/mol. The first-order valence-corrected chi connectivity index (χ1v) is 13.7. The largest absolute Gasteiger partial charge is 0.481 e. The monoisotopic (exact) mass is 542 g/mol. The number of halogens is 1. The molecule has 8 nitrogen and oxygen atoms in total. The summed E-state index contributed by atoms with van der Waals surface area (Å²) in [7, 11) is 0. The summed E-state index contributed by atoms with van der Waals surface area (Å²) in [5, 5.41) is 18.6. The summed E-state index contributed by atoms with van der Waals surface area (Å²) < 4.78 is 22.7. The van der Waals surface area contributed by atoms with Crippen molar-refractivity contribution in [3.8, 4) is 0 Å². The van der Waals surface area contributed by atoms with Crippen LogP contribution in [0.25, 0.3) is 11.0 Å². The molecule has 0 aliphatic carbocycles. The second kappa shape index (κ2) is 10.8. The van der Waals surface area contributed by atoms with Crippen LogP contribution < -0.4 is 0 Å². The lowest BCUT2D eigenvalue weighted by atomic mass is 9.83. The number of amides is 1. The molecule has 5 aliphatic heterocycles. The minimum atomic E-state index is -0.903. The molecule has 206 valence electrons. The van der Waals surface area contributed by atoms with Crippen LogP contribution in [0, 0.1) is 12.7 Å². The number of carbonyl (C=O) groups is 2. The Morgan fingerprint density at radius 3 is 2.77 bits per heavy atom. The molecular formula is C31H31FN4O4. The van der Waals surface area contributed by atoms with E-state index in [0.717, 1.165) is 50.8 Å². The van der Waals surface area contributed by atoms with Crippen molar-refractivity contribution in [1.29, 1.82) is 0 Å². The van der Waals surface area contributed by atoms with Crippen molar-refractivity contribution < 1.29 is 23.8 Å². The van der Waals surface area contributed by atoms with Gasteiger partial charge in [-0.15, -0.1) is 5.10 Å². The molecule has 0 unspecified atom stereocenters. The molecule has 6 heterocycles. The average Bonchev–Trinajstić information content (AvgIpc) is 3.36. The van der Waals surface area contributed by atoms with E-state index in [0.29, 0.717) is 45.7 Å². The van der Waals surface area contributed by atoms with Crippen molar-refractivity contribution in [3.63, 3.8) is 0 Å². The van der Waals surface area contributed by atoms with Gasteiger partial charge in [-0.1, -0.05) is 35.5 Å². The second-order valence-electron chi connectivity index (χ2n) is 10.6. The van der Waals surface area contributed by atoms with Gasteiger partial charge in [-0.25, -0.2) is 9.07 Å². The molecule has 0 radical (unpaired) electrons. The summed E-state index contributed by atoms with van der Waals surface area (Å²) in [5.74, 6) is -2.16. The smallest absolute Gasteiger partial charge is 0.304 e. The van der Waals surface area contributed by atoms with E-state index in [1.807, 2.05) is 48.0 Å². The van der Waals surface area contributed by atoms with Gasteiger partial charge in [0.15, 0.2) is 0 Å². The molecule has 0 saturated heterocycles. The number of aromatic nitrogens is 3. The van der Waals surface area contributed by atoms with Crippen molar-refractivity contribution in [2.24, 2.45) is 0 Å². The van der Waals surface area contributed by atoms with Gasteiger partial charge < -0.3 is 14.7 Å². The highest BCUT2D eigenvalue weighted by molar-refractivity contribution is 5.94. The Morgan fingerprint density at radius 2 is 1.95 bits per heavy atom. The number of carboxylic acids is 1. The van der Waals surface area contributed by atoms with E-state index >= 15 is 4.39 Å². The van der Waals surface area contributed by atoms with Gasteiger partial charge in [0.25, 0.3) is 5.91 Å². The van der Waals surface area contributed by atoms with Crippen molar-refractivity contribution in [1.82, 2.24) is 19.9 Å². The molecule has 3 aromatic carbocycles. The molecule has 0 spiro atoms. The standard InChI is InChI=1S/C31H31FN4O4/c1-19-24-8-9-28-30(19)33-34-36(28)12-14-40-13-2-3-20-4-7-25(27(32)15-20)31(39)35-11-10-21-5-6-22(16-23(21)18-35)26(24)17-29(37)38/h4-9,15-16,26H,2-3,10-14,17-18H2,1H3,(H,37,38)/t26-/m1/s1. The zero-order chi connectivity index (χ0) is 27.8. The molecule has 1 aromatic heterocycles. The fraction of sp³-hybridized carbons (Fsp3) is 0.355. The van der Waals surface area contributed by atoms with E-state index in [9.17, 15) is 14.7 Å². The van der Waals surface area contributed by atoms with Crippen molar-refractivity contribution >= 4 is 22.9 Å². The third-order valence-electron chi connectivity index (χ3n) is 8.13. The van der Waals surface area contributed by atoms with Crippen LogP contribution in [0.1, 0.15) is 62.5 Å². The van der Waals surface area contributed by atoms with Crippen molar-refractivity contribution in [2.45, 2.75) is 51.6 Å². The maximum atomic E-state index is 15.0. The lowest BCUT2D eigenvalue weighted by Gasteiger charge is -2.30. The number of ether oxygens (including phenoxy) is 1. The number of carbonyl (C=O) groups excluding carboxylic acids is 1. The van der Waals surface area contributed by atoms with Gasteiger partial charge in [0.2, 0.25) is 0 Å². The summed E-state index contributed by atoms with van der Waals surface area (Å²) in [6, 6.07) is 14.8. The Kier molecular flexibility index (Phi) is 7.06. The molecular weight excluding hydrogens is 511 g/mol. The number of aryl methyl sites for hydroxylation is 2. The molecule has 0 saturated carbocycles. The molecule has 0 fully saturated rings. The number of nitrogens with zero attached hydrogens (tertiary/aromatic N) is 4. The number of rotatable bonds is 2. The Hall–Kier alpha value is -4.11. The van der Waals surface area contributed by atoms with Crippen molar-refractivity contribution in [2.75, 3.05) is 19.8 Å². The lowest BCUT2D eigenvalue weighted by molar-refractivity contribution is -0.137. The molecule has 9 heteroatoms. The van der Waals surface area contributed by atoms with Crippen LogP contribution in [0.4, 0.5) is 4.39 Å². The molecule has 40 heavy (non-hydrogen) atoms. The number of hydrogen-bond acceptors (Lipinski definition) is 5. The summed E-state index contributed by atoms with van der Waals surface area (Å²) in [4.78, 5) is 27.0. The number of benzene rings is 3. The molecule has 9 rings (SSSR count). The first-order chi connectivity index (χ1) is 19.4. The van der Waals surface area contributed by atoms with Gasteiger partial charge in [-0.3, -0.25) is 9.59 Å². The van der Waals surface area contributed by atoms with Crippen LogP contribution in [0.15, 0.2) is 48.5 Å². The molecule has 5 aliphatic rings. The highest BCUT2D eigenvalue weighted by atomic mass is 19.1. The SMILES string of the molecule is Cc1c2ccc3c1nnn3CCOCCCc1ccc(c(F)c1)C(=O)N1CCc3ccc(cc3C1)[C@H]2CC(=O)O. The van der Waals surface area contributed by atoms with Gasteiger partial charge in [0.1, 0.15) is 11.3 Å². The van der Waals surface area contributed by atoms with Crippen LogP contribution in [0.5, 0.6) is 0 Å². The predicted octanol–water partition coefficient (Wildman–Crippen LogP) is 4.65. The maximum Gasteiger partial charge on any atom is 0.304 e. The Morgan fingerprint density at radius 1 is 1.07 bits per heavy atom. The van der Waals surface area contributed by atoms with Crippen molar-refractivity contribution in [3.05, 3.63) is 93.3 Å². The van der Waals surface area contributed by atoms with E-state index in [-0.39, 0.29) is 17.9 Å². The predicted molar refractivity (Wildman–Crippen MR) is 147 cm³/mol. The summed E-state index contributed by atoms with van der Waals surface area (Å²) >= 11 is 0. The Balaban J connectivity index is 1.42. The lowest BCUT2D eigenvalue weighted by Crippen LogP contribution is -2.36. The van der Waals surface area contributed by atoms with Crippen LogP contribution in [-0.2, 0) is 35.5 Å². The van der Waals surface area contributed by atoms with Gasteiger partial charge in [0.05, 0.1) is 30.7 Å². The quantitative estimate of drug-likeness (QED) is 0.396. The first kappa shape index (κ1) is 26.1. The second-order valence-corrected chi connectivity index (χ2v) is 10.6. The van der Waals surface area contributed by atoms with Crippen LogP contribution >= 0.6 is 0 Å². The maximum absolute atomic E-state index is 15.0. The summed E-state index contributed by atoms with van der Waals surface area (Å²) in [6.45, 7) is 4.29. The highest BCUT2D eigenvalue weighted by Gasteiger charge is 2.27. The first-order valence-electron chi connectivity index (χ1n) is 13.7. The zero-order valence-electron chi connectivity index (χ0n) is 22.4.